The zero-order valence-electron chi connectivity index (χ0n) is 9.88. The van der Waals surface area contributed by atoms with Crippen LogP contribution in [0.4, 0.5) is 5.69 Å². The van der Waals surface area contributed by atoms with Gasteiger partial charge in [0.25, 0.3) is 0 Å². The fourth-order valence-corrected chi connectivity index (χ4v) is 2.09. The van der Waals surface area contributed by atoms with Crippen molar-refractivity contribution in [2.24, 2.45) is 0 Å². The molecule has 92 valence electrons. The molecule has 4 heteroatoms. The largest absolute Gasteiger partial charge is 0.506 e. The first-order valence-electron chi connectivity index (χ1n) is 5.46. The van der Waals surface area contributed by atoms with E-state index in [4.69, 9.17) is 0 Å². The zero-order valence-corrected chi connectivity index (χ0v) is 10.7. The van der Waals surface area contributed by atoms with E-state index >= 15 is 0 Å². The predicted octanol–water partition coefficient (Wildman–Crippen LogP) is 3.41. The number of benzene rings is 1. The van der Waals surface area contributed by atoms with Gasteiger partial charge in [-0.2, -0.15) is 11.3 Å². The third kappa shape index (κ3) is 3.21. The van der Waals surface area contributed by atoms with Gasteiger partial charge < -0.3 is 10.4 Å². The van der Waals surface area contributed by atoms with E-state index < -0.39 is 0 Å². The number of phenols is 1. The second-order valence-corrected chi connectivity index (χ2v) is 4.68. The molecular formula is C14H13NO2S. The molecule has 0 aliphatic carbocycles. The minimum absolute atomic E-state index is 0.0762. The highest BCUT2D eigenvalue weighted by Crippen LogP contribution is 2.23. The van der Waals surface area contributed by atoms with Crippen molar-refractivity contribution in [2.45, 2.75) is 6.92 Å². The van der Waals surface area contributed by atoms with Gasteiger partial charge in [-0.15, -0.1) is 0 Å². The third-order valence-corrected chi connectivity index (χ3v) is 3.08. The Balaban J connectivity index is 2.03. The Hall–Kier alpha value is -2.07. The fourth-order valence-electron chi connectivity index (χ4n) is 1.46. The van der Waals surface area contributed by atoms with Crippen molar-refractivity contribution in [3.63, 3.8) is 0 Å². The van der Waals surface area contributed by atoms with Gasteiger partial charge in [-0.1, -0.05) is 6.07 Å². The number of carbonyl (C=O) groups excluding carboxylic acids is 1. The quantitative estimate of drug-likeness (QED) is 0.655. The summed E-state index contributed by atoms with van der Waals surface area (Å²) in [5, 5.41) is 16.2. The molecule has 3 nitrogen and oxygen atoms in total. The molecule has 0 atom stereocenters. The molecule has 0 fully saturated rings. The van der Waals surface area contributed by atoms with Crippen LogP contribution in [0.5, 0.6) is 5.75 Å². The van der Waals surface area contributed by atoms with Crippen molar-refractivity contribution in [1.29, 1.82) is 0 Å². The van der Waals surface area contributed by atoms with E-state index in [0.29, 0.717) is 5.69 Å². The normalized spacial score (nSPS) is 10.7. The van der Waals surface area contributed by atoms with Gasteiger partial charge in [0, 0.05) is 6.08 Å². The van der Waals surface area contributed by atoms with Gasteiger partial charge >= 0.3 is 0 Å². The maximum Gasteiger partial charge on any atom is 0.248 e. The monoisotopic (exact) mass is 259 g/mol. The van der Waals surface area contributed by atoms with Crippen LogP contribution in [0.2, 0.25) is 0 Å². The number of carbonyl (C=O) groups is 1. The molecule has 1 heterocycles. The van der Waals surface area contributed by atoms with Crippen LogP contribution in [-0.4, -0.2) is 11.0 Å². The van der Waals surface area contributed by atoms with Crippen LogP contribution in [0.1, 0.15) is 11.1 Å². The van der Waals surface area contributed by atoms with E-state index in [1.807, 2.05) is 29.8 Å². The predicted molar refractivity (Wildman–Crippen MR) is 74.8 cm³/mol. The molecule has 2 rings (SSSR count). The first-order valence-corrected chi connectivity index (χ1v) is 6.40. The maximum atomic E-state index is 11.6. The van der Waals surface area contributed by atoms with Crippen molar-refractivity contribution in [3.8, 4) is 5.75 Å². The van der Waals surface area contributed by atoms with Gasteiger partial charge in [0.15, 0.2) is 0 Å². The fraction of sp³-hybridized carbons (Fsp3) is 0.0714. The molecule has 0 bridgehead atoms. The van der Waals surface area contributed by atoms with Gasteiger partial charge in [0.2, 0.25) is 5.91 Å². The number of hydrogen-bond acceptors (Lipinski definition) is 3. The van der Waals surface area contributed by atoms with Crippen molar-refractivity contribution in [1.82, 2.24) is 0 Å². The average molecular weight is 259 g/mol. The summed E-state index contributed by atoms with van der Waals surface area (Å²) in [4.78, 5) is 11.6. The molecule has 0 aliphatic rings. The number of anilines is 1. The molecule has 0 radical (unpaired) electrons. The summed E-state index contributed by atoms with van der Waals surface area (Å²) in [6.07, 6.45) is 3.18. The number of thiophene rings is 1. The summed E-state index contributed by atoms with van der Waals surface area (Å²) in [7, 11) is 0. The van der Waals surface area contributed by atoms with Crippen LogP contribution in [0, 0.1) is 6.92 Å². The van der Waals surface area contributed by atoms with Gasteiger partial charge in [-0.05, 0) is 53.1 Å². The van der Waals surface area contributed by atoms with Crippen molar-refractivity contribution in [2.75, 3.05) is 5.32 Å². The summed E-state index contributed by atoms with van der Waals surface area (Å²) >= 11 is 1.58. The molecule has 1 aromatic carbocycles. The number of phenolic OH excluding ortho intramolecular Hbond substituents is 1. The average Bonchev–Trinajstić information content (AvgIpc) is 2.83. The summed E-state index contributed by atoms with van der Waals surface area (Å²) in [5.41, 5.74) is 2.35. The first-order chi connectivity index (χ1) is 8.65. The molecule has 1 aromatic heterocycles. The Bertz CT molecular complexity index is 573. The zero-order chi connectivity index (χ0) is 13.0. The lowest BCUT2D eigenvalue weighted by atomic mass is 10.2. The minimum atomic E-state index is -0.264. The van der Waals surface area contributed by atoms with Crippen molar-refractivity contribution < 1.29 is 9.90 Å². The summed E-state index contributed by atoms with van der Waals surface area (Å²) in [6, 6.07) is 7.05. The van der Waals surface area contributed by atoms with Crippen LogP contribution in [0.25, 0.3) is 6.08 Å². The van der Waals surface area contributed by atoms with E-state index in [1.165, 1.54) is 6.08 Å². The Morgan fingerprint density at radius 3 is 2.89 bits per heavy atom. The van der Waals surface area contributed by atoms with Gasteiger partial charge in [-0.3, -0.25) is 4.79 Å². The number of rotatable bonds is 3. The van der Waals surface area contributed by atoms with E-state index in [9.17, 15) is 9.90 Å². The lowest BCUT2D eigenvalue weighted by molar-refractivity contribution is -0.111. The SMILES string of the molecule is Cc1ccc(NC(=O)/C=C/c2ccsc2)c(O)c1. The maximum absolute atomic E-state index is 11.6. The van der Waals surface area contributed by atoms with Gasteiger partial charge in [0.05, 0.1) is 5.69 Å². The molecule has 0 saturated carbocycles. The van der Waals surface area contributed by atoms with Crippen LogP contribution >= 0.6 is 11.3 Å². The number of amides is 1. The summed E-state index contributed by atoms with van der Waals surface area (Å²) in [5.74, 6) is -0.187. The molecule has 0 aliphatic heterocycles. The highest BCUT2D eigenvalue weighted by atomic mass is 32.1. The number of aromatic hydroxyl groups is 1. The van der Waals surface area contributed by atoms with Crippen LogP contribution < -0.4 is 5.32 Å². The third-order valence-electron chi connectivity index (χ3n) is 2.38. The molecule has 2 N–H and O–H groups in total. The van der Waals surface area contributed by atoms with Crippen LogP contribution in [-0.2, 0) is 4.79 Å². The number of hydrogen-bond donors (Lipinski definition) is 2. The van der Waals surface area contributed by atoms with E-state index in [2.05, 4.69) is 5.32 Å². The Kier molecular flexibility index (Phi) is 3.79. The Morgan fingerprint density at radius 2 is 2.22 bits per heavy atom. The molecule has 18 heavy (non-hydrogen) atoms. The topological polar surface area (TPSA) is 49.3 Å². The summed E-state index contributed by atoms with van der Waals surface area (Å²) in [6.45, 7) is 1.88. The smallest absolute Gasteiger partial charge is 0.248 e. The Labute approximate surface area is 109 Å². The van der Waals surface area contributed by atoms with Crippen LogP contribution in [0.15, 0.2) is 41.1 Å². The van der Waals surface area contributed by atoms with Gasteiger partial charge in [-0.25, -0.2) is 0 Å². The second-order valence-electron chi connectivity index (χ2n) is 3.90. The lowest BCUT2D eigenvalue weighted by Crippen LogP contribution is -2.07. The second kappa shape index (κ2) is 5.51. The minimum Gasteiger partial charge on any atom is -0.506 e. The Morgan fingerprint density at radius 1 is 1.39 bits per heavy atom. The number of nitrogens with one attached hydrogen (secondary N) is 1. The lowest BCUT2D eigenvalue weighted by Gasteiger charge is -2.05. The van der Waals surface area contributed by atoms with E-state index in [1.54, 1.807) is 29.5 Å². The van der Waals surface area contributed by atoms with E-state index in [-0.39, 0.29) is 11.7 Å². The molecule has 0 unspecified atom stereocenters. The molecule has 2 aromatic rings. The van der Waals surface area contributed by atoms with Crippen LogP contribution in [0.3, 0.4) is 0 Å². The number of aryl methyl sites for hydroxylation is 1. The highest BCUT2D eigenvalue weighted by Gasteiger charge is 2.03. The molecular weight excluding hydrogens is 246 g/mol. The molecule has 1 amide bonds. The summed E-state index contributed by atoms with van der Waals surface area (Å²) < 4.78 is 0. The van der Waals surface area contributed by atoms with E-state index in [0.717, 1.165) is 11.1 Å². The first kappa shape index (κ1) is 12.4. The molecule has 0 saturated heterocycles. The molecule has 0 spiro atoms. The van der Waals surface area contributed by atoms with Gasteiger partial charge in [0.1, 0.15) is 5.75 Å². The standard InChI is InChI=1S/C14H13NO2S/c1-10-2-4-12(13(16)8-10)15-14(17)5-3-11-6-7-18-9-11/h2-9,16H,1H3,(H,15,17)/b5-3+. The van der Waals surface area contributed by atoms with Crippen molar-refractivity contribution in [3.05, 3.63) is 52.2 Å². The highest BCUT2D eigenvalue weighted by molar-refractivity contribution is 7.08. The van der Waals surface area contributed by atoms with Crippen molar-refractivity contribution >= 4 is 29.0 Å².